The van der Waals surface area contributed by atoms with Gasteiger partial charge in [0.25, 0.3) is 0 Å². The second-order valence-electron chi connectivity index (χ2n) is 4.01. The van der Waals surface area contributed by atoms with E-state index in [0.717, 1.165) is 25.7 Å². The quantitative estimate of drug-likeness (QED) is 0.522. The van der Waals surface area contributed by atoms with Crippen LogP contribution in [0.3, 0.4) is 0 Å². The molecule has 0 radical (unpaired) electrons. The number of carbonyl (C=O) groups is 1. The van der Waals surface area contributed by atoms with Crippen LogP contribution in [0.15, 0.2) is 0 Å². The van der Waals surface area contributed by atoms with E-state index >= 15 is 0 Å². The van der Waals surface area contributed by atoms with E-state index in [4.69, 9.17) is 16.3 Å². The molecule has 1 aliphatic rings. The van der Waals surface area contributed by atoms with Gasteiger partial charge >= 0.3 is 5.97 Å². The Morgan fingerprint density at radius 3 is 2.38 bits per heavy atom. The van der Waals surface area contributed by atoms with E-state index in [2.05, 4.69) is 0 Å². The van der Waals surface area contributed by atoms with Crippen molar-refractivity contribution in [3.63, 3.8) is 0 Å². The number of halogens is 1. The minimum absolute atomic E-state index is 0.105. The highest BCUT2D eigenvalue weighted by molar-refractivity contribution is 6.20. The van der Waals surface area contributed by atoms with Crippen molar-refractivity contribution in [2.75, 3.05) is 0 Å². The molecule has 0 aliphatic heterocycles. The molecule has 0 saturated heterocycles. The van der Waals surface area contributed by atoms with E-state index in [9.17, 15) is 4.79 Å². The van der Waals surface area contributed by atoms with Crippen LogP contribution in [0.2, 0.25) is 0 Å². The summed E-state index contributed by atoms with van der Waals surface area (Å²) in [5.41, 5.74) is -0.465. The van der Waals surface area contributed by atoms with Crippen LogP contribution in [0.4, 0.5) is 0 Å². The lowest BCUT2D eigenvalue weighted by Crippen LogP contribution is -2.22. The Balaban J connectivity index is 2.31. The third-order valence-corrected chi connectivity index (χ3v) is 3.03. The van der Waals surface area contributed by atoms with Gasteiger partial charge in [-0.15, -0.1) is 0 Å². The van der Waals surface area contributed by atoms with Crippen LogP contribution < -0.4 is 0 Å². The largest absolute Gasteiger partial charge is 0.445 e. The SMILES string of the molecule is CC(C)[C@@H](Cl)OC(=O)C1CCCC1. The van der Waals surface area contributed by atoms with Crippen LogP contribution in [0.1, 0.15) is 39.5 Å². The van der Waals surface area contributed by atoms with Gasteiger partial charge in [0.2, 0.25) is 0 Å². The maximum Gasteiger partial charge on any atom is 0.310 e. The lowest BCUT2D eigenvalue weighted by Gasteiger charge is -2.16. The fourth-order valence-electron chi connectivity index (χ4n) is 1.50. The highest BCUT2D eigenvalue weighted by Crippen LogP contribution is 2.27. The smallest absolute Gasteiger partial charge is 0.310 e. The summed E-state index contributed by atoms with van der Waals surface area (Å²) in [5.74, 6) is 0.193. The highest BCUT2D eigenvalue weighted by atomic mass is 35.5. The number of hydrogen-bond acceptors (Lipinski definition) is 2. The summed E-state index contributed by atoms with van der Waals surface area (Å²) in [6.45, 7) is 3.89. The van der Waals surface area contributed by atoms with Crippen molar-refractivity contribution in [2.24, 2.45) is 11.8 Å². The summed E-state index contributed by atoms with van der Waals surface area (Å²) in [6, 6.07) is 0. The van der Waals surface area contributed by atoms with Gasteiger partial charge in [0.1, 0.15) is 0 Å². The minimum Gasteiger partial charge on any atom is -0.445 e. The zero-order valence-corrected chi connectivity index (χ0v) is 9.01. The van der Waals surface area contributed by atoms with Crippen LogP contribution >= 0.6 is 11.6 Å². The molecule has 2 nitrogen and oxygen atoms in total. The molecule has 0 unspecified atom stereocenters. The first-order chi connectivity index (χ1) is 6.11. The van der Waals surface area contributed by atoms with Gasteiger partial charge in [0, 0.05) is 5.92 Å². The Hall–Kier alpha value is -0.240. The van der Waals surface area contributed by atoms with Crippen molar-refractivity contribution in [3.8, 4) is 0 Å². The average molecular weight is 205 g/mol. The van der Waals surface area contributed by atoms with E-state index in [1.54, 1.807) is 0 Å². The molecule has 76 valence electrons. The summed E-state index contributed by atoms with van der Waals surface area (Å²) < 4.78 is 5.12. The molecule has 1 saturated carbocycles. The number of carbonyl (C=O) groups excluding carboxylic acids is 1. The molecule has 0 bridgehead atoms. The maximum absolute atomic E-state index is 11.5. The molecule has 0 aromatic heterocycles. The van der Waals surface area contributed by atoms with Crippen molar-refractivity contribution in [2.45, 2.75) is 45.1 Å². The molecule has 1 aliphatic carbocycles. The summed E-state index contributed by atoms with van der Waals surface area (Å²) in [4.78, 5) is 11.5. The molecular formula is C10H17ClO2. The molecule has 13 heavy (non-hydrogen) atoms. The third-order valence-electron chi connectivity index (χ3n) is 2.44. The number of ether oxygens (including phenoxy) is 1. The predicted molar refractivity (Wildman–Crippen MR) is 52.5 cm³/mol. The number of alkyl halides is 1. The lowest BCUT2D eigenvalue weighted by atomic mass is 10.1. The van der Waals surface area contributed by atoms with Crippen LogP contribution in [-0.2, 0) is 9.53 Å². The third kappa shape index (κ3) is 3.18. The van der Waals surface area contributed by atoms with Crippen molar-refractivity contribution in [3.05, 3.63) is 0 Å². The second kappa shape index (κ2) is 4.85. The van der Waals surface area contributed by atoms with Crippen molar-refractivity contribution in [1.29, 1.82) is 0 Å². The first-order valence-corrected chi connectivity index (χ1v) is 5.39. The number of esters is 1. The Labute approximate surface area is 84.6 Å². The fourth-order valence-corrected chi connectivity index (χ4v) is 1.59. The molecule has 0 amide bonds. The van der Waals surface area contributed by atoms with Gasteiger partial charge in [-0.1, -0.05) is 38.3 Å². The van der Waals surface area contributed by atoms with Crippen molar-refractivity contribution >= 4 is 17.6 Å². The Morgan fingerprint density at radius 2 is 1.92 bits per heavy atom. The van der Waals surface area contributed by atoms with E-state index < -0.39 is 5.56 Å². The van der Waals surface area contributed by atoms with Crippen LogP contribution in [0.5, 0.6) is 0 Å². The lowest BCUT2D eigenvalue weighted by molar-refractivity contribution is -0.151. The highest BCUT2D eigenvalue weighted by Gasteiger charge is 2.26. The zero-order chi connectivity index (χ0) is 9.84. The van der Waals surface area contributed by atoms with Gasteiger partial charge in [-0.3, -0.25) is 4.79 Å². The normalized spacial score (nSPS) is 20.6. The van der Waals surface area contributed by atoms with Crippen molar-refractivity contribution in [1.82, 2.24) is 0 Å². The molecule has 3 heteroatoms. The average Bonchev–Trinajstić information content (AvgIpc) is 2.55. The summed E-state index contributed by atoms with van der Waals surface area (Å²) in [6.07, 6.45) is 4.24. The van der Waals surface area contributed by atoms with Crippen LogP contribution in [0.25, 0.3) is 0 Å². The molecule has 0 N–H and O–H groups in total. The fraction of sp³-hybridized carbons (Fsp3) is 0.900. The molecule has 0 aromatic carbocycles. The first kappa shape index (κ1) is 10.8. The van der Waals surface area contributed by atoms with Crippen LogP contribution in [-0.4, -0.2) is 11.5 Å². The van der Waals surface area contributed by atoms with Gasteiger partial charge in [0.05, 0.1) is 5.92 Å². The summed E-state index contributed by atoms with van der Waals surface area (Å²) in [5, 5.41) is 0. The Morgan fingerprint density at radius 1 is 1.38 bits per heavy atom. The molecular weight excluding hydrogens is 188 g/mol. The topological polar surface area (TPSA) is 26.3 Å². The molecule has 1 fully saturated rings. The van der Waals surface area contributed by atoms with Gasteiger partial charge in [-0.25, -0.2) is 0 Å². The van der Waals surface area contributed by atoms with E-state index in [1.807, 2.05) is 13.8 Å². The van der Waals surface area contributed by atoms with Crippen molar-refractivity contribution < 1.29 is 9.53 Å². The molecule has 1 atom stereocenters. The Bertz CT molecular complexity index is 174. The van der Waals surface area contributed by atoms with E-state index in [-0.39, 0.29) is 17.8 Å². The van der Waals surface area contributed by atoms with Gasteiger partial charge in [0.15, 0.2) is 5.56 Å². The standard InChI is InChI=1S/C10H17ClO2/c1-7(2)9(11)13-10(12)8-5-3-4-6-8/h7-9H,3-6H2,1-2H3/t9-/m0/s1. The predicted octanol–water partition coefficient (Wildman–Crippen LogP) is 2.94. The van der Waals surface area contributed by atoms with Gasteiger partial charge in [-0.2, -0.15) is 0 Å². The zero-order valence-electron chi connectivity index (χ0n) is 8.25. The maximum atomic E-state index is 11.5. The molecule has 0 aromatic rings. The molecule has 1 rings (SSSR count). The molecule has 0 heterocycles. The monoisotopic (exact) mass is 204 g/mol. The second-order valence-corrected chi connectivity index (χ2v) is 4.44. The summed E-state index contributed by atoms with van der Waals surface area (Å²) in [7, 11) is 0. The van der Waals surface area contributed by atoms with E-state index in [1.165, 1.54) is 0 Å². The van der Waals surface area contributed by atoms with Crippen LogP contribution in [0, 0.1) is 11.8 Å². The Kier molecular flexibility index (Phi) is 4.04. The van der Waals surface area contributed by atoms with Gasteiger partial charge < -0.3 is 4.74 Å². The summed E-state index contributed by atoms with van der Waals surface area (Å²) >= 11 is 5.85. The minimum atomic E-state index is -0.465. The molecule has 0 spiro atoms. The van der Waals surface area contributed by atoms with E-state index in [0.29, 0.717) is 0 Å². The number of hydrogen-bond donors (Lipinski definition) is 0. The number of rotatable bonds is 3. The first-order valence-electron chi connectivity index (χ1n) is 4.96. The van der Waals surface area contributed by atoms with Gasteiger partial charge in [-0.05, 0) is 12.8 Å².